The van der Waals surface area contributed by atoms with Crippen molar-refractivity contribution in [3.05, 3.63) is 53.6 Å². The summed E-state index contributed by atoms with van der Waals surface area (Å²) in [5.41, 5.74) is 4.67. The summed E-state index contributed by atoms with van der Waals surface area (Å²) in [6.45, 7) is 12.2. The number of hydrogen-bond acceptors (Lipinski definition) is 3. The van der Waals surface area contributed by atoms with Crippen molar-refractivity contribution in [2.45, 2.75) is 47.0 Å². The molecule has 2 aromatic rings. The van der Waals surface area contributed by atoms with Gasteiger partial charge >= 0.3 is 0 Å². The van der Waals surface area contributed by atoms with Crippen molar-refractivity contribution in [2.24, 2.45) is 0 Å². The maximum absolute atomic E-state index is 12.4. The third-order valence-corrected chi connectivity index (χ3v) is 4.79. The molecule has 5 nitrogen and oxygen atoms in total. The Balaban J connectivity index is 1.98. The van der Waals surface area contributed by atoms with Crippen LogP contribution in [0.3, 0.4) is 0 Å². The molecule has 2 N–H and O–H groups in total. The number of aryl methyl sites for hydroxylation is 1. The molecule has 28 heavy (non-hydrogen) atoms. The van der Waals surface area contributed by atoms with Crippen LogP contribution in [0, 0.1) is 6.92 Å². The van der Waals surface area contributed by atoms with Gasteiger partial charge in [-0.15, -0.1) is 0 Å². The van der Waals surface area contributed by atoms with Gasteiger partial charge in [-0.3, -0.25) is 9.59 Å². The van der Waals surface area contributed by atoms with Gasteiger partial charge in [0.05, 0.1) is 0 Å². The Bertz CT molecular complexity index is 809. The topological polar surface area (TPSA) is 61.4 Å². The van der Waals surface area contributed by atoms with Gasteiger partial charge in [0.2, 0.25) is 11.8 Å². The predicted octanol–water partition coefficient (Wildman–Crippen LogP) is 4.93. The molecule has 0 radical (unpaired) electrons. The van der Waals surface area contributed by atoms with E-state index >= 15 is 0 Å². The largest absolute Gasteiger partial charge is 0.372 e. The fourth-order valence-electron chi connectivity index (χ4n) is 3.22. The van der Waals surface area contributed by atoms with Gasteiger partial charge in [0.1, 0.15) is 6.42 Å². The number of carbonyl (C=O) groups excluding carboxylic acids is 2. The van der Waals surface area contributed by atoms with Crippen LogP contribution in [0.2, 0.25) is 0 Å². The summed E-state index contributed by atoms with van der Waals surface area (Å²) in [7, 11) is 0. The van der Waals surface area contributed by atoms with Crippen molar-refractivity contribution in [2.75, 3.05) is 28.6 Å². The van der Waals surface area contributed by atoms with E-state index in [1.54, 1.807) is 0 Å². The molecule has 0 spiro atoms. The lowest BCUT2D eigenvalue weighted by Crippen LogP contribution is -2.23. The molecule has 0 aliphatic rings. The van der Waals surface area contributed by atoms with Gasteiger partial charge in [-0.25, -0.2) is 0 Å². The fraction of sp³-hybridized carbons (Fsp3) is 0.391. The number of carbonyl (C=O) groups is 2. The number of nitrogens with zero attached hydrogens (tertiary/aromatic N) is 1. The summed E-state index contributed by atoms with van der Waals surface area (Å²) in [6, 6.07) is 13.6. The molecule has 2 rings (SSSR count). The molecule has 0 fully saturated rings. The van der Waals surface area contributed by atoms with E-state index < -0.39 is 0 Å². The van der Waals surface area contributed by atoms with Crippen LogP contribution in [0.1, 0.15) is 51.2 Å². The van der Waals surface area contributed by atoms with E-state index in [0.717, 1.165) is 35.6 Å². The molecular formula is C23H31N3O2. The summed E-state index contributed by atoms with van der Waals surface area (Å²) in [4.78, 5) is 26.9. The number of benzene rings is 2. The smallest absolute Gasteiger partial charge is 0.233 e. The molecule has 0 saturated heterocycles. The Morgan fingerprint density at radius 1 is 0.929 bits per heavy atom. The first-order chi connectivity index (χ1) is 13.3. The molecule has 0 unspecified atom stereocenters. The minimum atomic E-state index is -0.326. The lowest BCUT2D eigenvalue weighted by molar-refractivity contribution is -0.123. The van der Waals surface area contributed by atoms with Crippen molar-refractivity contribution >= 4 is 28.9 Å². The molecule has 0 aliphatic carbocycles. The molecule has 0 aliphatic heterocycles. The van der Waals surface area contributed by atoms with Gasteiger partial charge < -0.3 is 15.5 Å². The SMILES string of the molecule is CCN(CC)c1ccc(NC(=O)CC(=O)Nc2c(C)cccc2C(C)C)cc1. The van der Waals surface area contributed by atoms with Crippen LogP contribution in [-0.4, -0.2) is 24.9 Å². The molecule has 0 atom stereocenters. The Morgan fingerprint density at radius 3 is 2.11 bits per heavy atom. The van der Waals surface area contributed by atoms with E-state index in [9.17, 15) is 9.59 Å². The summed E-state index contributed by atoms with van der Waals surface area (Å²) in [5.74, 6) is -0.352. The molecule has 0 aromatic heterocycles. The van der Waals surface area contributed by atoms with Crippen molar-refractivity contribution in [1.82, 2.24) is 0 Å². The summed E-state index contributed by atoms with van der Waals surface area (Å²) < 4.78 is 0. The normalized spacial score (nSPS) is 10.6. The molecule has 2 amide bonds. The van der Waals surface area contributed by atoms with E-state index in [0.29, 0.717) is 5.69 Å². The van der Waals surface area contributed by atoms with Crippen LogP contribution < -0.4 is 15.5 Å². The van der Waals surface area contributed by atoms with E-state index in [1.165, 1.54) is 0 Å². The number of rotatable bonds is 8. The van der Waals surface area contributed by atoms with Gasteiger partial charge in [0.25, 0.3) is 0 Å². The number of para-hydroxylation sites is 1. The minimum Gasteiger partial charge on any atom is -0.372 e. The second kappa shape index (κ2) is 9.93. The van der Waals surface area contributed by atoms with E-state index in [4.69, 9.17) is 0 Å². The zero-order chi connectivity index (χ0) is 20.7. The molecule has 0 bridgehead atoms. The van der Waals surface area contributed by atoms with Gasteiger partial charge in [-0.1, -0.05) is 32.0 Å². The fourth-order valence-corrected chi connectivity index (χ4v) is 3.22. The number of amides is 2. The Labute approximate surface area is 168 Å². The highest BCUT2D eigenvalue weighted by molar-refractivity contribution is 6.08. The van der Waals surface area contributed by atoms with Crippen molar-refractivity contribution in [1.29, 1.82) is 0 Å². The molecular weight excluding hydrogens is 350 g/mol. The van der Waals surface area contributed by atoms with E-state index in [-0.39, 0.29) is 24.2 Å². The summed E-state index contributed by atoms with van der Waals surface area (Å²) >= 11 is 0. The molecule has 2 aromatic carbocycles. The van der Waals surface area contributed by atoms with Crippen LogP contribution in [0.4, 0.5) is 17.1 Å². The number of anilines is 3. The molecule has 0 saturated carbocycles. The Hall–Kier alpha value is -2.82. The number of nitrogens with one attached hydrogen (secondary N) is 2. The van der Waals surface area contributed by atoms with Crippen molar-refractivity contribution < 1.29 is 9.59 Å². The molecule has 0 heterocycles. The average molecular weight is 382 g/mol. The molecule has 5 heteroatoms. The van der Waals surface area contributed by atoms with E-state index in [2.05, 4.69) is 43.2 Å². The predicted molar refractivity (Wildman–Crippen MR) is 117 cm³/mol. The lowest BCUT2D eigenvalue weighted by Gasteiger charge is -2.21. The third kappa shape index (κ3) is 5.59. The second-order valence-corrected chi connectivity index (χ2v) is 7.19. The quantitative estimate of drug-likeness (QED) is 0.637. The first-order valence-electron chi connectivity index (χ1n) is 9.89. The monoisotopic (exact) mass is 381 g/mol. The highest BCUT2D eigenvalue weighted by atomic mass is 16.2. The summed E-state index contributed by atoms with van der Waals surface area (Å²) in [5, 5.41) is 5.70. The van der Waals surface area contributed by atoms with Crippen LogP contribution in [-0.2, 0) is 9.59 Å². The number of hydrogen-bond donors (Lipinski definition) is 2. The Kier molecular flexibility index (Phi) is 7.61. The maximum Gasteiger partial charge on any atom is 0.233 e. The maximum atomic E-state index is 12.4. The van der Waals surface area contributed by atoms with Crippen LogP contribution >= 0.6 is 0 Å². The van der Waals surface area contributed by atoms with Gasteiger partial charge in [0.15, 0.2) is 0 Å². The third-order valence-electron chi connectivity index (χ3n) is 4.79. The van der Waals surface area contributed by atoms with Crippen LogP contribution in [0.25, 0.3) is 0 Å². The van der Waals surface area contributed by atoms with Gasteiger partial charge in [-0.05, 0) is 62.1 Å². The van der Waals surface area contributed by atoms with Crippen LogP contribution in [0.5, 0.6) is 0 Å². The lowest BCUT2D eigenvalue weighted by atomic mass is 9.98. The van der Waals surface area contributed by atoms with Gasteiger partial charge in [0, 0.05) is 30.2 Å². The summed E-state index contributed by atoms with van der Waals surface area (Å²) in [6.07, 6.45) is -0.219. The zero-order valence-electron chi connectivity index (χ0n) is 17.5. The highest BCUT2D eigenvalue weighted by Gasteiger charge is 2.15. The molecule has 150 valence electrons. The zero-order valence-corrected chi connectivity index (χ0v) is 17.5. The second-order valence-electron chi connectivity index (χ2n) is 7.19. The standard InChI is InChI=1S/C23H31N3O2/c1-6-26(7-2)19-13-11-18(12-14-19)24-21(27)15-22(28)25-23-17(5)9-8-10-20(23)16(3)4/h8-14,16H,6-7,15H2,1-5H3,(H,24,27)(H,25,28). The Morgan fingerprint density at radius 2 is 1.54 bits per heavy atom. The first-order valence-corrected chi connectivity index (χ1v) is 9.89. The highest BCUT2D eigenvalue weighted by Crippen LogP contribution is 2.27. The first kappa shape index (κ1) is 21.5. The average Bonchev–Trinajstić information content (AvgIpc) is 2.65. The van der Waals surface area contributed by atoms with E-state index in [1.807, 2.05) is 49.4 Å². The van der Waals surface area contributed by atoms with Crippen LogP contribution in [0.15, 0.2) is 42.5 Å². The van der Waals surface area contributed by atoms with Crippen molar-refractivity contribution in [3.63, 3.8) is 0 Å². The van der Waals surface area contributed by atoms with Crippen molar-refractivity contribution in [3.8, 4) is 0 Å². The van der Waals surface area contributed by atoms with Gasteiger partial charge in [-0.2, -0.15) is 0 Å². The minimum absolute atomic E-state index is 0.219.